The van der Waals surface area contributed by atoms with Crippen molar-refractivity contribution in [2.24, 2.45) is 0 Å². The molecule has 1 N–H and O–H groups in total. The zero-order chi connectivity index (χ0) is 12.3. The molecule has 2 rings (SSSR count). The molecule has 0 aliphatic heterocycles. The number of ether oxygens (including phenoxy) is 1. The molecule has 0 spiro atoms. The molecule has 0 radical (unpaired) electrons. The number of aromatic nitrogens is 2. The lowest BCUT2D eigenvalue weighted by Crippen LogP contribution is -2.01. The summed E-state index contributed by atoms with van der Waals surface area (Å²) in [6.45, 7) is 0. The van der Waals surface area contributed by atoms with E-state index in [0.717, 1.165) is 5.82 Å². The molecule has 1 atom stereocenters. The lowest BCUT2D eigenvalue weighted by atomic mass is 10.1. The number of H-pyrrole nitrogens is 1. The summed E-state index contributed by atoms with van der Waals surface area (Å²) < 4.78 is 18.7. The van der Waals surface area contributed by atoms with Gasteiger partial charge in [-0.2, -0.15) is 0 Å². The smallest absolute Gasteiger partial charge is 0.131 e. The number of nitrogens with zero attached hydrogens (tertiary/aromatic N) is 1. The van der Waals surface area contributed by atoms with Crippen molar-refractivity contribution in [1.29, 1.82) is 0 Å². The van der Waals surface area contributed by atoms with Gasteiger partial charge in [0.1, 0.15) is 17.4 Å². The third-order valence-electron chi connectivity index (χ3n) is 2.47. The van der Waals surface area contributed by atoms with E-state index >= 15 is 0 Å². The molecule has 0 saturated carbocycles. The molecular formula is C12H12ClFN2O. The molecule has 1 aromatic carbocycles. The molecule has 17 heavy (non-hydrogen) atoms. The predicted molar refractivity (Wildman–Crippen MR) is 63.8 cm³/mol. The number of aromatic amines is 1. The van der Waals surface area contributed by atoms with Gasteiger partial charge in [-0.25, -0.2) is 9.37 Å². The Labute approximate surface area is 104 Å². The van der Waals surface area contributed by atoms with E-state index in [1.807, 2.05) is 0 Å². The van der Waals surface area contributed by atoms with Crippen LogP contribution in [0.15, 0.2) is 30.6 Å². The van der Waals surface area contributed by atoms with Gasteiger partial charge >= 0.3 is 0 Å². The van der Waals surface area contributed by atoms with Crippen molar-refractivity contribution in [3.63, 3.8) is 0 Å². The lowest BCUT2D eigenvalue weighted by Gasteiger charge is -2.10. The third kappa shape index (κ3) is 2.77. The number of hydrogen-bond donors (Lipinski definition) is 1. The molecule has 0 saturated heterocycles. The number of hydrogen-bond acceptors (Lipinski definition) is 2. The van der Waals surface area contributed by atoms with Crippen molar-refractivity contribution < 1.29 is 9.13 Å². The average Bonchev–Trinajstić information content (AvgIpc) is 2.81. The van der Waals surface area contributed by atoms with Gasteiger partial charge in [-0.3, -0.25) is 0 Å². The lowest BCUT2D eigenvalue weighted by molar-refractivity contribution is 0.410. The summed E-state index contributed by atoms with van der Waals surface area (Å²) in [7, 11) is 1.50. The zero-order valence-corrected chi connectivity index (χ0v) is 10.0. The minimum Gasteiger partial charge on any atom is -0.497 e. The molecule has 1 unspecified atom stereocenters. The Morgan fingerprint density at radius 3 is 2.94 bits per heavy atom. The first-order chi connectivity index (χ1) is 8.20. The Bertz CT molecular complexity index is 487. The number of benzene rings is 1. The summed E-state index contributed by atoms with van der Waals surface area (Å²) >= 11 is 6.16. The number of halogens is 2. The quantitative estimate of drug-likeness (QED) is 0.852. The number of nitrogens with one attached hydrogen (secondary N) is 1. The Kier molecular flexibility index (Phi) is 3.64. The summed E-state index contributed by atoms with van der Waals surface area (Å²) in [4.78, 5) is 7.00. The van der Waals surface area contributed by atoms with Gasteiger partial charge in [0, 0.05) is 30.4 Å². The van der Waals surface area contributed by atoms with Crippen LogP contribution in [0.3, 0.4) is 0 Å². The summed E-state index contributed by atoms with van der Waals surface area (Å²) in [5.74, 6) is 0.851. The van der Waals surface area contributed by atoms with Crippen LogP contribution in [0, 0.1) is 5.82 Å². The van der Waals surface area contributed by atoms with Gasteiger partial charge in [-0.1, -0.05) is 6.07 Å². The van der Waals surface area contributed by atoms with Crippen molar-refractivity contribution in [3.8, 4) is 5.75 Å². The van der Waals surface area contributed by atoms with E-state index in [4.69, 9.17) is 16.3 Å². The van der Waals surface area contributed by atoms with Crippen LogP contribution in [0.2, 0.25) is 0 Å². The van der Waals surface area contributed by atoms with Crippen LogP contribution in [0.4, 0.5) is 4.39 Å². The van der Waals surface area contributed by atoms with E-state index in [1.54, 1.807) is 24.5 Å². The van der Waals surface area contributed by atoms with E-state index in [-0.39, 0.29) is 5.82 Å². The fraction of sp³-hybridized carbons (Fsp3) is 0.250. The zero-order valence-electron chi connectivity index (χ0n) is 9.28. The fourth-order valence-corrected chi connectivity index (χ4v) is 1.90. The summed E-state index contributed by atoms with van der Waals surface area (Å²) in [5.41, 5.74) is 0.448. The first-order valence-electron chi connectivity index (χ1n) is 5.16. The van der Waals surface area contributed by atoms with E-state index in [2.05, 4.69) is 9.97 Å². The maximum Gasteiger partial charge on any atom is 0.131 e. The van der Waals surface area contributed by atoms with Gasteiger partial charge in [-0.05, 0) is 6.07 Å². The first kappa shape index (κ1) is 11.9. The topological polar surface area (TPSA) is 37.9 Å². The van der Waals surface area contributed by atoms with Gasteiger partial charge < -0.3 is 9.72 Å². The summed E-state index contributed by atoms with van der Waals surface area (Å²) in [5, 5.41) is -0.452. The summed E-state index contributed by atoms with van der Waals surface area (Å²) in [6.07, 6.45) is 3.81. The molecule has 0 aliphatic rings. The minimum atomic E-state index is -0.452. The SMILES string of the molecule is COc1ccc(C(Cl)Cc2ncc[nH]2)c(F)c1. The average molecular weight is 255 g/mol. The Balaban J connectivity index is 2.16. The van der Waals surface area contributed by atoms with Gasteiger partial charge in [0.2, 0.25) is 0 Å². The summed E-state index contributed by atoms with van der Waals surface area (Å²) in [6, 6.07) is 4.65. The highest BCUT2D eigenvalue weighted by molar-refractivity contribution is 6.20. The monoisotopic (exact) mass is 254 g/mol. The molecule has 1 aromatic heterocycles. The van der Waals surface area contributed by atoms with E-state index < -0.39 is 5.38 Å². The van der Waals surface area contributed by atoms with Crippen molar-refractivity contribution in [1.82, 2.24) is 9.97 Å². The van der Waals surface area contributed by atoms with Crippen LogP contribution in [0.25, 0.3) is 0 Å². The second-order valence-corrected chi connectivity index (χ2v) is 4.12. The second-order valence-electron chi connectivity index (χ2n) is 3.59. The van der Waals surface area contributed by atoms with Gasteiger partial charge in [0.05, 0.1) is 12.5 Å². The van der Waals surface area contributed by atoms with Crippen molar-refractivity contribution in [3.05, 3.63) is 47.8 Å². The van der Waals surface area contributed by atoms with Gasteiger partial charge in [0.15, 0.2) is 0 Å². The molecule has 0 fully saturated rings. The van der Waals surface area contributed by atoms with Crippen LogP contribution in [0.5, 0.6) is 5.75 Å². The maximum absolute atomic E-state index is 13.7. The van der Waals surface area contributed by atoms with Gasteiger partial charge in [0.25, 0.3) is 0 Å². The van der Waals surface area contributed by atoms with Gasteiger partial charge in [-0.15, -0.1) is 11.6 Å². The molecular weight excluding hydrogens is 243 g/mol. The first-order valence-corrected chi connectivity index (χ1v) is 5.60. The van der Waals surface area contributed by atoms with Crippen LogP contribution in [-0.2, 0) is 6.42 Å². The van der Waals surface area contributed by atoms with Crippen molar-refractivity contribution in [2.45, 2.75) is 11.8 Å². The molecule has 1 heterocycles. The predicted octanol–water partition coefficient (Wildman–Crippen LogP) is 3.08. The number of rotatable bonds is 4. The van der Waals surface area contributed by atoms with Crippen molar-refractivity contribution in [2.75, 3.05) is 7.11 Å². The standard InChI is InChI=1S/C12H12ClFN2O/c1-17-8-2-3-9(11(14)6-8)10(13)7-12-15-4-5-16-12/h2-6,10H,7H2,1H3,(H,15,16). The normalized spacial score (nSPS) is 12.4. The highest BCUT2D eigenvalue weighted by Crippen LogP contribution is 2.28. The molecule has 0 aliphatic carbocycles. The highest BCUT2D eigenvalue weighted by atomic mass is 35.5. The largest absolute Gasteiger partial charge is 0.497 e. The molecule has 5 heteroatoms. The third-order valence-corrected chi connectivity index (χ3v) is 2.86. The molecule has 0 bridgehead atoms. The number of methoxy groups -OCH3 is 1. The Hall–Kier alpha value is -1.55. The van der Waals surface area contributed by atoms with Crippen LogP contribution in [-0.4, -0.2) is 17.1 Å². The maximum atomic E-state index is 13.7. The molecule has 3 nitrogen and oxygen atoms in total. The second kappa shape index (κ2) is 5.19. The van der Waals surface area contributed by atoms with E-state index in [9.17, 15) is 4.39 Å². The van der Waals surface area contributed by atoms with E-state index in [0.29, 0.717) is 17.7 Å². The number of imidazole rings is 1. The fourth-order valence-electron chi connectivity index (χ4n) is 1.58. The Morgan fingerprint density at radius 2 is 2.35 bits per heavy atom. The molecule has 90 valence electrons. The molecule has 0 amide bonds. The minimum absolute atomic E-state index is 0.365. The van der Waals surface area contributed by atoms with Crippen LogP contribution >= 0.6 is 11.6 Å². The van der Waals surface area contributed by atoms with Crippen molar-refractivity contribution >= 4 is 11.6 Å². The van der Waals surface area contributed by atoms with Crippen LogP contribution < -0.4 is 4.74 Å². The Morgan fingerprint density at radius 1 is 1.53 bits per heavy atom. The van der Waals surface area contributed by atoms with Crippen LogP contribution in [0.1, 0.15) is 16.8 Å². The molecule has 2 aromatic rings. The highest BCUT2D eigenvalue weighted by Gasteiger charge is 2.15. The van der Waals surface area contributed by atoms with E-state index in [1.165, 1.54) is 13.2 Å². The number of alkyl halides is 1.